The van der Waals surface area contributed by atoms with E-state index >= 15 is 0 Å². The monoisotopic (exact) mass is 513 g/mol. The maximum Gasteiger partial charge on any atom is 0.243 e. The van der Waals surface area contributed by atoms with E-state index in [-0.39, 0.29) is 23.2 Å². The Hall–Kier alpha value is -1.67. The van der Waals surface area contributed by atoms with Crippen LogP contribution in [0.25, 0.3) is 0 Å². The molecule has 32 heavy (non-hydrogen) atoms. The van der Waals surface area contributed by atoms with E-state index in [1.807, 2.05) is 0 Å². The summed E-state index contributed by atoms with van der Waals surface area (Å²) in [7, 11) is 0. The van der Waals surface area contributed by atoms with E-state index in [1.165, 1.54) is 35.1 Å². The van der Waals surface area contributed by atoms with E-state index in [4.69, 9.17) is 12.6 Å². The molecule has 2 fully saturated rings. The van der Waals surface area contributed by atoms with Crippen LogP contribution in [0, 0.1) is 0 Å². The Morgan fingerprint density at radius 1 is 1.03 bits per heavy atom. The molecule has 5 nitrogen and oxygen atoms in total. The van der Waals surface area contributed by atoms with Gasteiger partial charge < -0.3 is 0 Å². The van der Waals surface area contributed by atoms with E-state index in [0.717, 1.165) is 24.1 Å². The van der Waals surface area contributed by atoms with Crippen LogP contribution in [-0.4, -0.2) is 40.7 Å². The van der Waals surface area contributed by atoms with Gasteiger partial charge in [-0.3, -0.25) is 24.7 Å². The number of nitrogens with zero attached hydrogens (tertiary/aromatic N) is 2. The number of rotatable bonds is 4. The molecule has 0 spiro atoms. The van der Waals surface area contributed by atoms with Gasteiger partial charge in [-0.05, 0) is 72.7 Å². The van der Waals surface area contributed by atoms with Crippen molar-refractivity contribution in [2.24, 2.45) is 0 Å². The van der Waals surface area contributed by atoms with Gasteiger partial charge in [-0.25, -0.2) is 0 Å². The standard InChI is InChI=1S/C25H28BrN3O2S/c26-19-6-4-16(5-7-19)17-10-12-28(13-11-17)14-18-2-1-3-20-21(18)15-29(25(20)32)22-8-9-23(30)27-24(22)31/h1-7,17,22,25,32H,8-15H2,(H,27,30,31). The Morgan fingerprint density at radius 2 is 1.78 bits per heavy atom. The molecule has 3 aliphatic heterocycles. The summed E-state index contributed by atoms with van der Waals surface area (Å²) in [5.41, 5.74) is 5.26. The first kappa shape index (κ1) is 22.1. The maximum atomic E-state index is 12.4. The van der Waals surface area contributed by atoms with Gasteiger partial charge in [-0.2, -0.15) is 12.6 Å². The number of carbonyl (C=O) groups is 2. The van der Waals surface area contributed by atoms with Gasteiger partial charge in [0.25, 0.3) is 0 Å². The first-order valence-electron chi connectivity index (χ1n) is 11.4. The highest BCUT2D eigenvalue weighted by atomic mass is 79.9. The van der Waals surface area contributed by atoms with Gasteiger partial charge in [-0.1, -0.05) is 46.3 Å². The highest BCUT2D eigenvalue weighted by molar-refractivity contribution is 9.10. The second-order valence-electron chi connectivity index (χ2n) is 9.10. The first-order chi connectivity index (χ1) is 15.5. The number of nitrogens with one attached hydrogen (secondary N) is 1. The lowest BCUT2D eigenvalue weighted by Gasteiger charge is -2.33. The zero-order chi connectivity index (χ0) is 22.2. The van der Waals surface area contributed by atoms with Crippen molar-refractivity contribution in [1.29, 1.82) is 0 Å². The van der Waals surface area contributed by atoms with Crippen LogP contribution in [0.15, 0.2) is 46.9 Å². The average molecular weight is 514 g/mol. The van der Waals surface area contributed by atoms with Crippen molar-refractivity contribution in [3.8, 4) is 0 Å². The highest BCUT2D eigenvalue weighted by Gasteiger charge is 2.39. The number of imide groups is 1. The number of halogens is 1. The van der Waals surface area contributed by atoms with E-state index in [9.17, 15) is 9.59 Å². The number of fused-ring (bicyclic) bond motifs is 1. The number of benzene rings is 2. The van der Waals surface area contributed by atoms with Crippen molar-refractivity contribution in [3.05, 3.63) is 69.2 Å². The average Bonchev–Trinajstić information content (AvgIpc) is 3.12. The molecular formula is C25H28BrN3O2S. The van der Waals surface area contributed by atoms with Crippen LogP contribution >= 0.6 is 28.6 Å². The fourth-order valence-corrected chi connectivity index (χ4v) is 6.11. The molecule has 0 aliphatic carbocycles. The van der Waals surface area contributed by atoms with Crippen LogP contribution in [0.1, 0.15) is 59.2 Å². The molecule has 2 amide bonds. The molecule has 2 aromatic rings. The summed E-state index contributed by atoms with van der Waals surface area (Å²) in [6.07, 6.45) is 3.31. The fraction of sp³-hybridized carbons (Fsp3) is 0.440. The smallest absolute Gasteiger partial charge is 0.243 e. The lowest BCUT2D eigenvalue weighted by molar-refractivity contribution is -0.137. The van der Waals surface area contributed by atoms with E-state index in [2.05, 4.69) is 73.5 Å². The number of hydrogen-bond acceptors (Lipinski definition) is 5. The highest BCUT2D eigenvalue weighted by Crippen LogP contribution is 2.41. The van der Waals surface area contributed by atoms with Crippen molar-refractivity contribution in [2.75, 3.05) is 13.1 Å². The predicted octanol–water partition coefficient (Wildman–Crippen LogP) is 4.38. The van der Waals surface area contributed by atoms with Gasteiger partial charge in [0.05, 0.1) is 11.4 Å². The summed E-state index contributed by atoms with van der Waals surface area (Å²) < 4.78 is 1.13. The largest absolute Gasteiger partial charge is 0.299 e. The molecule has 0 radical (unpaired) electrons. The summed E-state index contributed by atoms with van der Waals surface area (Å²) in [6, 6.07) is 14.9. The van der Waals surface area contributed by atoms with Crippen LogP contribution in [0.5, 0.6) is 0 Å². The molecule has 2 atom stereocenters. The molecule has 0 aromatic heterocycles. The molecule has 3 aliphatic rings. The van der Waals surface area contributed by atoms with Gasteiger partial charge in [-0.15, -0.1) is 0 Å². The minimum atomic E-state index is -0.294. The molecule has 0 saturated carbocycles. The van der Waals surface area contributed by atoms with E-state index in [0.29, 0.717) is 25.3 Å². The molecule has 168 valence electrons. The molecule has 2 saturated heterocycles. The lowest BCUT2D eigenvalue weighted by Crippen LogP contribution is -2.51. The quantitative estimate of drug-likeness (QED) is 0.470. The molecule has 5 rings (SSSR count). The number of thiol groups is 1. The van der Waals surface area contributed by atoms with Crippen LogP contribution in [0.4, 0.5) is 0 Å². The van der Waals surface area contributed by atoms with Crippen LogP contribution in [-0.2, 0) is 22.7 Å². The molecular weight excluding hydrogens is 486 g/mol. The van der Waals surface area contributed by atoms with Gasteiger partial charge in [0.1, 0.15) is 0 Å². The molecule has 3 heterocycles. The number of carbonyl (C=O) groups excluding carboxylic acids is 2. The van der Waals surface area contributed by atoms with Crippen LogP contribution in [0.2, 0.25) is 0 Å². The maximum absolute atomic E-state index is 12.4. The Kier molecular flexibility index (Phi) is 6.43. The Labute approximate surface area is 203 Å². The van der Waals surface area contributed by atoms with Gasteiger partial charge in [0, 0.05) is 24.0 Å². The summed E-state index contributed by atoms with van der Waals surface area (Å²) in [6.45, 7) is 3.82. The Morgan fingerprint density at radius 3 is 2.50 bits per heavy atom. The Bertz CT molecular complexity index is 1020. The molecule has 2 aromatic carbocycles. The SMILES string of the molecule is O=C1CCC(N2Cc3c(CN4CCC(c5ccc(Br)cc5)CC4)cccc3C2S)C(=O)N1. The zero-order valence-corrected chi connectivity index (χ0v) is 20.4. The second-order valence-corrected chi connectivity index (χ2v) is 10.5. The molecule has 1 N–H and O–H groups in total. The van der Waals surface area contributed by atoms with Crippen LogP contribution < -0.4 is 5.32 Å². The number of hydrogen-bond donors (Lipinski definition) is 2. The Balaban J connectivity index is 1.25. The minimum Gasteiger partial charge on any atom is -0.299 e. The normalized spacial score (nSPS) is 25.1. The van der Waals surface area contributed by atoms with Crippen LogP contribution in [0.3, 0.4) is 0 Å². The van der Waals surface area contributed by atoms with E-state index in [1.54, 1.807) is 0 Å². The first-order valence-corrected chi connectivity index (χ1v) is 12.7. The number of piperidine rings is 2. The lowest BCUT2D eigenvalue weighted by atomic mass is 9.89. The van der Waals surface area contributed by atoms with Crippen molar-refractivity contribution in [3.63, 3.8) is 0 Å². The zero-order valence-electron chi connectivity index (χ0n) is 18.0. The topological polar surface area (TPSA) is 52.7 Å². The fourth-order valence-electron chi connectivity index (χ4n) is 5.36. The third-order valence-electron chi connectivity index (χ3n) is 7.18. The minimum absolute atomic E-state index is 0.114. The van der Waals surface area contributed by atoms with Gasteiger partial charge >= 0.3 is 0 Å². The summed E-state index contributed by atoms with van der Waals surface area (Å²) >= 11 is 8.38. The van der Waals surface area contributed by atoms with Crippen molar-refractivity contribution in [2.45, 2.75) is 56.1 Å². The van der Waals surface area contributed by atoms with Crippen molar-refractivity contribution in [1.82, 2.24) is 15.1 Å². The number of likely N-dealkylation sites (tertiary alicyclic amines) is 1. The van der Waals surface area contributed by atoms with Gasteiger partial charge in [0.2, 0.25) is 11.8 Å². The van der Waals surface area contributed by atoms with Crippen molar-refractivity contribution < 1.29 is 9.59 Å². The van der Waals surface area contributed by atoms with Gasteiger partial charge in [0.15, 0.2) is 0 Å². The van der Waals surface area contributed by atoms with E-state index < -0.39 is 0 Å². The molecule has 0 bridgehead atoms. The summed E-state index contributed by atoms with van der Waals surface area (Å²) in [5.74, 6) is 0.265. The second kappa shape index (κ2) is 9.29. The third-order valence-corrected chi connectivity index (χ3v) is 8.28. The predicted molar refractivity (Wildman–Crippen MR) is 131 cm³/mol. The third kappa shape index (κ3) is 4.40. The number of amides is 2. The molecule has 2 unspecified atom stereocenters. The van der Waals surface area contributed by atoms with Crippen molar-refractivity contribution >= 4 is 40.4 Å². The summed E-state index contributed by atoms with van der Waals surface area (Å²) in [5, 5.41) is 2.38. The molecule has 7 heteroatoms. The summed E-state index contributed by atoms with van der Waals surface area (Å²) in [4.78, 5) is 28.7.